The van der Waals surface area contributed by atoms with Crippen LogP contribution in [0.4, 0.5) is 8.78 Å². The molecule has 2 saturated carbocycles. The fourth-order valence-electron chi connectivity index (χ4n) is 5.02. The highest BCUT2D eigenvalue weighted by Crippen LogP contribution is 2.46. The van der Waals surface area contributed by atoms with Gasteiger partial charge in [0.1, 0.15) is 5.78 Å². The first-order valence-electron chi connectivity index (χ1n) is 11.4. The minimum absolute atomic E-state index is 0.0595. The first-order chi connectivity index (χ1) is 16.5. The van der Waals surface area contributed by atoms with Gasteiger partial charge in [-0.25, -0.2) is 8.78 Å². The van der Waals surface area contributed by atoms with Crippen LogP contribution in [0.25, 0.3) is 0 Å². The molecule has 35 heavy (non-hydrogen) atoms. The fourth-order valence-corrected chi connectivity index (χ4v) is 5.62. The summed E-state index contributed by atoms with van der Waals surface area (Å²) in [7, 11) is 0. The van der Waals surface area contributed by atoms with Gasteiger partial charge < -0.3 is 5.73 Å². The third-order valence-electron chi connectivity index (χ3n) is 6.96. The SMILES string of the molecule is N#CC1(c2ccc(Cl)c(Cl)c2)CCCC(=O)C1.NCC1(c2ccc(Cl)c(Cl)c2)CCCC(F)(F)C1. The second-order valence-corrected chi connectivity index (χ2v) is 11.0. The molecule has 2 aliphatic rings. The molecule has 0 aliphatic heterocycles. The molecule has 0 saturated heterocycles. The standard InChI is InChI=1S/C13H15Cl2F2N.C13H11Cl2NO/c14-10-3-2-9(6-11(10)15)12(8-18)4-1-5-13(16,17)7-12;14-11-4-3-9(6-12(11)15)13(8-16)5-1-2-10(17)7-13/h2-3,6H,1,4-5,7-8,18H2;3-4,6H,1-2,5,7H2. The first-order valence-corrected chi connectivity index (χ1v) is 12.9. The van der Waals surface area contributed by atoms with Crippen LogP contribution in [0.3, 0.4) is 0 Å². The van der Waals surface area contributed by atoms with E-state index in [4.69, 9.17) is 52.1 Å². The molecule has 9 heteroatoms. The Kier molecular flexibility index (Phi) is 9.10. The van der Waals surface area contributed by atoms with Crippen LogP contribution in [0.1, 0.15) is 62.5 Å². The van der Waals surface area contributed by atoms with Crippen molar-refractivity contribution < 1.29 is 13.6 Å². The van der Waals surface area contributed by atoms with Crippen LogP contribution < -0.4 is 5.73 Å². The molecule has 0 heterocycles. The zero-order valence-electron chi connectivity index (χ0n) is 19.0. The van der Waals surface area contributed by atoms with Crippen molar-refractivity contribution in [2.75, 3.05) is 6.54 Å². The van der Waals surface area contributed by atoms with Gasteiger partial charge in [-0.05, 0) is 61.1 Å². The number of carbonyl (C=O) groups excluding carboxylic acids is 1. The quantitative estimate of drug-likeness (QED) is 0.409. The van der Waals surface area contributed by atoms with E-state index in [1.807, 2.05) is 0 Å². The molecular weight excluding hydrogens is 536 g/mol. The summed E-state index contributed by atoms with van der Waals surface area (Å²) in [5, 5.41) is 11.1. The van der Waals surface area contributed by atoms with E-state index in [-0.39, 0.29) is 31.6 Å². The van der Waals surface area contributed by atoms with Crippen LogP contribution in [-0.4, -0.2) is 18.3 Å². The molecule has 3 nitrogen and oxygen atoms in total. The molecule has 0 amide bonds. The highest BCUT2D eigenvalue weighted by Gasteiger charge is 2.46. The molecule has 2 unspecified atom stereocenters. The van der Waals surface area contributed by atoms with Crippen LogP contribution in [0.15, 0.2) is 36.4 Å². The van der Waals surface area contributed by atoms with Crippen molar-refractivity contribution in [3.05, 3.63) is 67.6 Å². The summed E-state index contributed by atoms with van der Waals surface area (Å²) in [5.74, 6) is -2.51. The number of nitrogens with zero attached hydrogens (tertiary/aromatic N) is 1. The van der Waals surface area contributed by atoms with Crippen LogP contribution in [0.2, 0.25) is 20.1 Å². The Morgan fingerprint density at radius 1 is 0.886 bits per heavy atom. The monoisotopic (exact) mass is 560 g/mol. The number of alkyl halides is 2. The van der Waals surface area contributed by atoms with Crippen molar-refractivity contribution in [3.8, 4) is 6.07 Å². The van der Waals surface area contributed by atoms with E-state index < -0.39 is 16.8 Å². The topological polar surface area (TPSA) is 66.9 Å². The van der Waals surface area contributed by atoms with Crippen molar-refractivity contribution in [1.82, 2.24) is 0 Å². The molecule has 0 aromatic heterocycles. The summed E-state index contributed by atoms with van der Waals surface area (Å²) in [6, 6.07) is 12.5. The summed E-state index contributed by atoms with van der Waals surface area (Å²) in [4.78, 5) is 11.6. The highest BCUT2D eigenvalue weighted by atomic mass is 35.5. The van der Waals surface area contributed by atoms with Crippen molar-refractivity contribution in [1.29, 1.82) is 5.26 Å². The number of nitrogens with two attached hydrogens (primary N) is 1. The largest absolute Gasteiger partial charge is 0.330 e. The Hall–Kier alpha value is -1.42. The van der Waals surface area contributed by atoms with Gasteiger partial charge in [0, 0.05) is 37.6 Å². The Bertz CT molecular complexity index is 1140. The van der Waals surface area contributed by atoms with Crippen molar-refractivity contribution in [2.24, 2.45) is 5.73 Å². The van der Waals surface area contributed by atoms with Crippen molar-refractivity contribution in [2.45, 2.75) is 68.1 Å². The molecule has 2 fully saturated rings. The Balaban J connectivity index is 0.000000196. The molecule has 0 radical (unpaired) electrons. The zero-order valence-corrected chi connectivity index (χ0v) is 22.1. The lowest BCUT2D eigenvalue weighted by atomic mass is 9.68. The van der Waals surface area contributed by atoms with E-state index in [1.165, 1.54) is 0 Å². The van der Waals surface area contributed by atoms with Crippen molar-refractivity contribution >= 4 is 52.2 Å². The van der Waals surface area contributed by atoms with Gasteiger partial charge in [-0.1, -0.05) is 58.5 Å². The number of hydrogen-bond donors (Lipinski definition) is 1. The average Bonchev–Trinajstić information content (AvgIpc) is 2.82. The van der Waals surface area contributed by atoms with Crippen molar-refractivity contribution in [3.63, 3.8) is 0 Å². The number of nitriles is 1. The molecule has 2 N–H and O–H groups in total. The van der Waals surface area contributed by atoms with Crippen LogP contribution in [0.5, 0.6) is 0 Å². The number of benzene rings is 2. The minimum atomic E-state index is -2.65. The van der Waals surface area contributed by atoms with E-state index >= 15 is 0 Å². The molecule has 4 rings (SSSR count). The summed E-state index contributed by atoms with van der Waals surface area (Å²) in [6.07, 6.45) is 3.18. The maximum atomic E-state index is 13.6. The number of Topliss-reactive ketones (excluding diaryl/α,β-unsaturated/α-hetero) is 1. The first kappa shape index (κ1) is 28.2. The second-order valence-electron chi connectivity index (χ2n) is 9.39. The third kappa shape index (κ3) is 6.48. The Morgan fingerprint density at radius 3 is 2.00 bits per heavy atom. The smallest absolute Gasteiger partial charge is 0.249 e. The number of ketones is 1. The normalized spacial score (nSPS) is 25.8. The van der Waals surface area contributed by atoms with Gasteiger partial charge in [0.05, 0.1) is 31.6 Å². The van der Waals surface area contributed by atoms with Gasteiger partial charge in [0.2, 0.25) is 5.92 Å². The van der Waals surface area contributed by atoms with E-state index in [0.717, 1.165) is 17.5 Å². The lowest BCUT2D eigenvalue weighted by molar-refractivity contribution is -0.121. The molecule has 0 bridgehead atoms. The maximum Gasteiger partial charge on any atom is 0.249 e. The molecular formula is C26H26Cl4F2N2O. The van der Waals surface area contributed by atoms with E-state index in [0.29, 0.717) is 45.8 Å². The number of hydrogen-bond acceptors (Lipinski definition) is 3. The minimum Gasteiger partial charge on any atom is -0.330 e. The van der Waals surface area contributed by atoms with Crippen LogP contribution >= 0.6 is 46.4 Å². The lowest BCUT2D eigenvalue weighted by Gasteiger charge is -2.40. The van der Waals surface area contributed by atoms with Gasteiger partial charge in [0.25, 0.3) is 0 Å². The molecule has 0 spiro atoms. The van der Waals surface area contributed by atoms with Crippen LogP contribution in [0, 0.1) is 11.3 Å². The van der Waals surface area contributed by atoms with E-state index in [9.17, 15) is 18.8 Å². The summed E-state index contributed by atoms with van der Waals surface area (Å²) in [5.41, 5.74) is 5.92. The van der Waals surface area contributed by atoms with Gasteiger partial charge in [-0.2, -0.15) is 5.26 Å². The molecule has 2 aromatic carbocycles. The number of carbonyl (C=O) groups is 1. The lowest BCUT2D eigenvalue weighted by Crippen LogP contribution is -2.44. The molecule has 2 aliphatic carbocycles. The predicted molar refractivity (Wildman–Crippen MR) is 138 cm³/mol. The molecule has 2 aromatic rings. The summed E-state index contributed by atoms with van der Waals surface area (Å²) in [6.45, 7) is 0.195. The zero-order chi connectivity index (χ0) is 25.9. The van der Waals surface area contributed by atoms with E-state index in [2.05, 4.69) is 6.07 Å². The molecule has 2 atom stereocenters. The number of halogens is 6. The van der Waals surface area contributed by atoms with Gasteiger partial charge >= 0.3 is 0 Å². The molecule has 188 valence electrons. The van der Waals surface area contributed by atoms with Gasteiger partial charge in [0.15, 0.2) is 0 Å². The van der Waals surface area contributed by atoms with Gasteiger partial charge in [-0.3, -0.25) is 4.79 Å². The maximum absolute atomic E-state index is 13.6. The predicted octanol–water partition coefficient (Wildman–Crippen LogP) is 8.30. The van der Waals surface area contributed by atoms with Gasteiger partial charge in [-0.15, -0.1) is 0 Å². The Labute approximate surface area is 224 Å². The summed E-state index contributed by atoms with van der Waals surface area (Å²) < 4.78 is 27.3. The van der Waals surface area contributed by atoms with E-state index in [1.54, 1.807) is 36.4 Å². The van der Waals surface area contributed by atoms with Crippen LogP contribution in [-0.2, 0) is 15.6 Å². The number of rotatable bonds is 3. The second kappa shape index (κ2) is 11.3. The Morgan fingerprint density at radius 2 is 1.49 bits per heavy atom. The third-order valence-corrected chi connectivity index (χ3v) is 8.44. The average molecular weight is 562 g/mol. The fraction of sp³-hybridized carbons (Fsp3) is 0.462. The summed E-state index contributed by atoms with van der Waals surface area (Å²) >= 11 is 23.6. The highest BCUT2D eigenvalue weighted by molar-refractivity contribution is 6.42.